The Kier molecular flexibility index (Phi) is 4.71. The van der Waals surface area contributed by atoms with Crippen molar-refractivity contribution < 1.29 is 14.4 Å². The molecule has 3 fully saturated rings. The van der Waals surface area contributed by atoms with Crippen LogP contribution in [0.5, 0.6) is 0 Å². The molecule has 0 spiro atoms. The first-order chi connectivity index (χ1) is 11.5. The standard InChI is InChI=1S/C16H23N5O3/c17-8-9-3-2-6-21(9)16(24)13(10-7-11(10)14(18)22)20-15(23)12-4-1-5-19-12/h9-13,19H,1-7H2,(H2,18,22)(H,20,23)/t9?,10-,11-,12?,13-/m0/s1. The predicted molar refractivity (Wildman–Crippen MR) is 84.1 cm³/mol. The molecule has 4 N–H and O–H groups in total. The molecular weight excluding hydrogens is 310 g/mol. The van der Waals surface area contributed by atoms with Gasteiger partial charge in [0.2, 0.25) is 17.7 Å². The minimum atomic E-state index is -0.772. The van der Waals surface area contributed by atoms with Crippen LogP contribution in [0.2, 0.25) is 0 Å². The third-order valence-electron chi connectivity index (χ3n) is 5.26. The van der Waals surface area contributed by atoms with Crippen molar-refractivity contribution in [2.24, 2.45) is 17.6 Å². The van der Waals surface area contributed by atoms with E-state index in [2.05, 4.69) is 16.7 Å². The van der Waals surface area contributed by atoms with Crippen LogP contribution in [-0.4, -0.2) is 53.8 Å². The van der Waals surface area contributed by atoms with Crippen LogP contribution in [0.1, 0.15) is 32.1 Å². The maximum Gasteiger partial charge on any atom is 0.246 e. The molecule has 5 atom stereocenters. The van der Waals surface area contributed by atoms with Gasteiger partial charge in [0.25, 0.3) is 0 Å². The summed E-state index contributed by atoms with van der Waals surface area (Å²) in [7, 11) is 0. The maximum atomic E-state index is 12.9. The molecule has 1 saturated carbocycles. The number of amides is 3. The average Bonchev–Trinajstić information content (AvgIpc) is 3.00. The van der Waals surface area contributed by atoms with E-state index in [1.807, 2.05) is 0 Å². The summed E-state index contributed by atoms with van der Waals surface area (Å²) in [6, 6.07) is 0.621. The number of nitriles is 1. The van der Waals surface area contributed by atoms with E-state index in [0.29, 0.717) is 19.4 Å². The number of nitrogens with two attached hydrogens (primary N) is 1. The summed E-state index contributed by atoms with van der Waals surface area (Å²) in [4.78, 5) is 38.2. The highest BCUT2D eigenvalue weighted by Crippen LogP contribution is 2.42. The summed E-state index contributed by atoms with van der Waals surface area (Å²) in [5.41, 5.74) is 5.34. The van der Waals surface area contributed by atoms with Crippen molar-refractivity contribution >= 4 is 17.7 Å². The molecule has 3 aliphatic rings. The SMILES string of the molecule is N#CC1CCCN1C(=O)[C@@H](NC(=O)C1CCCN1)[C@H]1C[C@@H]1C(N)=O. The Morgan fingerprint density at radius 1 is 1.29 bits per heavy atom. The lowest BCUT2D eigenvalue weighted by atomic mass is 10.1. The van der Waals surface area contributed by atoms with Crippen molar-refractivity contribution in [1.29, 1.82) is 5.26 Å². The Hall–Kier alpha value is -2.14. The first kappa shape index (κ1) is 16.7. The van der Waals surface area contributed by atoms with E-state index in [1.165, 1.54) is 4.90 Å². The van der Waals surface area contributed by atoms with E-state index in [-0.39, 0.29) is 29.7 Å². The van der Waals surface area contributed by atoms with E-state index in [1.54, 1.807) is 0 Å². The fourth-order valence-corrected chi connectivity index (χ4v) is 3.77. The Bertz CT molecular complexity index is 581. The number of primary amides is 1. The summed E-state index contributed by atoms with van der Waals surface area (Å²) in [5, 5.41) is 15.1. The van der Waals surface area contributed by atoms with Gasteiger partial charge < -0.3 is 21.3 Å². The Morgan fingerprint density at radius 3 is 2.67 bits per heavy atom. The first-order valence-corrected chi connectivity index (χ1v) is 8.56. The van der Waals surface area contributed by atoms with Gasteiger partial charge in [0.15, 0.2) is 0 Å². The Morgan fingerprint density at radius 2 is 2.08 bits per heavy atom. The number of hydrogen-bond acceptors (Lipinski definition) is 5. The summed E-state index contributed by atoms with van der Waals surface area (Å²) >= 11 is 0. The quantitative estimate of drug-likeness (QED) is 0.586. The van der Waals surface area contributed by atoms with Gasteiger partial charge in [-0.25, -0.2) is 0 Å². The number of carbonyl (C=O) groups is 3. The zero-order valence-electron chi connectivity index (χ0n) is 13.5. The largest absolute Gasteiger partial charge is 0.369 e. The third kappa shape index (κ3) is 3.22. The van der Waals surface area contributed by atoms with E-state index in [0.717, 1.165) is 25.8 Å². The van der Waals surface area contributed by atoms with Gasteiger partial charge in [-0.3, -0.25) is 14.4 Å². The molecule has 3 rings (SSSR count). The van der Waals surface area contributed by atoms with Crippen LogP contribution >= 0.6 is 0 Å². The van der Waals surface area contributed by atoms with E-state index in [4.69, 9.17) is 5.73 Å². The molecule has 8 heteroatoms. The van der Waals surface area contributed by atoms with Gasteiger partial charge in [-0.15, -0.1) is 0 Å². The van der Waals surface area contributed by atoms with Gasteiger partial charge in [-0.1, -0.05) is 0 Å². The van der Waals surface area contributed by atoms with Crippen LogP contribution in [0.25, 0.3) is 0 Å². The molecule has 0 aromatic carbocycles. The highest BCUT2D eigenvalue weighted by molar-refractivity contribution is 5.92. The fraction of sp³-hybridized carbons (Fsp3) is 0.750. The number of nitrogens with one attached hydrogen (secondary N) is 2. The van der Waals surface area contributed by atoms with Crippen LogP contribution < -0.4 is 16.4 Å². The summed E-state index contributed by atoms with van der Waals surface area (Å²) < 4.78 is 0. The number of hydrogen-bond donors (Lipinski definition) is 3. The van der Waals surface area contributed by atoms with Gasteiger partial charge in [-0.05, 0) is 38.6 Å². The number of rotatable bonds is 5. The lowest BCUT2D eigenvalue weighted by Gasteiger charge is -2.27. The zero-order chi connectivity index (χ0) is 17.3. The molecule has 0 radical (unpaired) electrons. The molecular formula is C16H23N5O3. The Labute approximate surface area is 140 Å². The Balaban J connectivity index is 1.72. The minimum Gasteiger partial charge on any atom is -0.369 e. The highest BCUT2D eigenvalue weighted by Gasteiger charge is 2.52. The molecule has 1 aliphatic carbocycles. The molecule has 24 heavy (non-hydrogen) atoms. The summed E-state index contributed by atoms with van der Waals surface area (Å²) in [6.07, 6.45) is 3.60. The van der Waals surface area contributed by atoms with Gasteiger partial charge in [-0.2, -0.15) is 5.26 Å². The van der Waals surface area contributed by atoms with Gasteiger partial charge in [0.1, 0.15) is 12.1 Å². The number of nitrogens with zero attached hydrogens (tertiary/aromatic N) is 2. The van der Waals surface area contributed by atoms with Crippen LogP contribution in [0.15, 0.2) is 0 Å². The summed E-state index contributed by atoms with van der Waals surface area (Å²) in [6.45, 7) is 1.30. The molecule has 8 nitrogen and oxygen atoms in total. The van der Waals surface area contributed by atoms with Gasteiger partial charge in [0.05, 0.1) is 12.1 Å². The molecule has 0 aromatic rings. The fourth-order valence-electron chi connectivity index (χ4n) is 3.77. The molecule has 2 aliphatic heterocycles. The first-order valence-electron chi connectivity index (χ1n) is 8.56. The van der Waals surface area contributed by atoms with Crippen molar-refractivity contribution in [1.82, 2.24) is 15.5 Å². The molecule has 0 bridgehead atoms. The lowest BCUT2D eigenvalue weighted by Crippen LogP contribution is -2.54. The second-order valence-electron chi connectivity index (χ2n) is 6.86. The molecule has 0 aromatic heterocycles. The second-order valence-corrected chi connectivity index (χ2v) is 6.86. The smallest absolute Gasteiger partial charge is 0.246 e. The number of likely N-dealkylation sites (tertiary alicyclic amines) is 1. The van der Waals surface area contributed by atoms with Crippen molar-refractivity contribution in [3.8, 4) is 6.07 Å². The molecule has 2 unspecified atom stereocenters. The molecule has 2 heterocycles. The van der Waals surface area contributed by atoms with E-state index >= 15 is 0 Å². The topological polar surface area (TPSA) is 128 Å². The van der Waals surface area contributed by atoms with Crippen LogP contribution in [-0.2, 0) is 14.4 Å². The molecule has 3 amide bonds. The highest BCUT2D eigenvalue weighted by atomic mass is 16.2. The average molecular weight is 333 g/mol. The van der Waals surface area contributed by atoms with Gasteiger partial charge in [0, 0.05) is 18.4 Å². The van der Waals surface area contributed by atoms with Crippen molar-refractivity contribution in [3.63, 3.8) is 0 Å². The van der Waals surface area contributed by atoms with Crippen molar-refractivity contribution in [3.05, 3.63) is 0 Å². The van der Waals surface area contributed by atoms with Crippen molar-refractivity contribution in [2.45, 2.75) is 50.2 Å². The van der Waals surface area contributed by atoms with E-state index in [9.17, 15) is 19.6 Å². The zero-order valence-corrected chi connectivity index (χ0v) is 13.5. The van der Waals surface area contributed by atoms with E-state index < -0.39 is 18.0 Å². The minimum absolute atomic E-state index is 0.214. The monoisotopic (exact) mass is 333 g/mol. The van der Waals surface area contributed by atoms with Gasteiger partial charge >= 0.3 is 0 Å². The maximum absolute atomic E-state index is 12.9. The van der Waals surface area contributed by atoms with Crippen LogP contribution in [0.4, 0.5) is 0 Å². The second kappa shape index (κ2) is 6.77. The van der Waals surface area contributed by atoms with Crippen LogP contribution in [0, 0.1) is 23.2 Å². The van der Waals surface area contributed by atoms with Crippen molar-refractivity contribution in [2.75, 3.05) is 13.1 Å². The molecule has 130 valence electrons. The normalized spacial score (nSPS) is 32.9. The summed E-state index contributed by atoms with van der Waals surface area (Å²) in [5.74, 6) is -1.56. The lowest BCUT2D eigenvalue weighted by molar-refractivity contribution is -0.137. The predicted octanol–water partition coefficient (Wildman–Crippen LogP) is -1.14. The molecule has 2 saturated heterocycles. The number of carbonyl (C=O) groups excluding carboxylic acids is 3. The third-order valence-corrected chi connectivity index (χ3v) is 5.26. The van der Waals surface area contributed by atoms with Crippen LogP contribution in [0.3, 0.4) is 0 Å².